The fourth-order valence-electron chi connectivity index (χ4n) is 4.89. The van der Waals surface area contributed by atoms with Crippen LogP contribution in [0.2, 0.25) is 0 Å². The standard InChI is InChI=1S/C19H27N3O3/c23-12-4-19(15-18(19)5-13-25-14-6-18)17(24)22-10-8-21(9-11-22)16-3-1-2-7-20-16/h1-3,7,23H,4-6,8-15H2. The monoisotopic (exact) mass is 345 g/mol. The Bertz CT molecular complexity index is 610. The normalized spacial score (nSPS) is 28.2. The van der Waals surface area contributed by atoms with Crippen molar-refractivity contribution in [3.63, 3.8) is 0 Å². The Morgan fingerprint density at radius 1 is 1.20 bits per heavy atom. The van der Waals surface area contributed by atoms with Crippen LogP contribution in [0.15, 0.2) is 24.4 Å². The van der Waals surface area contributed by atoms with Gasteiger partial charge in [-0.25, -0.2) is 4.98 Å². The predicted molar refractivity (Wildman–Crippen MR) is 94.3 cm³/mol. The van der Waals surface area contributed by atoms with Gasteiger partial charge >= 0.3 is 0 Å². The van der Waals surface area contributed by atoms with Gasteiger partial charge in [-0.3, -0.25) is 4.79 Å². The Morgan fingerprint density at radius 3 is 2.60 bits per heavy atom. The zero-order valence-electron chi connectivity index (χ0n) is 14.7. The summed E-state index contributed by atoms with van der Waals surface area (Å²) in [5.74, 6) is 1.23. The Balaban J connectivity index is 1.43. The molecule has 1 saturated carbocycles. The number of pyridine rings is 1. The van der Waals surface area contributed by atoms with Crippen molar-refractivity contribution in [2.75, 3.05) is 50.9 Å². The molecule has 3 aliphatic rings. The molecule has 6 heteroatoms. The van der Waals surface area contributed by atoms with Crippen LogP contribution in [0, 0.1) is 10.8 Å². The van der Waals surface area contributed by atoms with Crippen molar-refractivity contribution in [2.24, 2.45) is 10.8 Å². The van der Waals surface area contributed by atoms with Crippen LogP contribution in [0.3, 0.4) is 0 Å². The number of ether oxygens (including phenoxy) is 1. The number of amides is 1. The molecule has 0 aromatic carbocycles. The van der Waals surface area contributed by atoms with Gasteiger partial charge in [0, 0.05) is 52.2 Å². The van der Waals surface area contributed by atoms with Crippen LogP contribution < -0.4 is 4.90 Å². The van der Waals surface area contributed by atoms with Crippen molar-refractivity contribution in [3.05, 3.63) is 24.4 Å². The lowest BCUT2D eigenvalue weighted by Crippen LogP contribution is -2.52. The molecular formula is C19H27N3O3. The van der Waals surface area contributed by atoms with Gasteiger partial charge in [0.15, 0.2) is 0 Å². The van der Waals surface area contributed by atoms with Gasteiger partial charge in [0.2, 0.25) is 5.91 Å². The van der Waals surface area contributed by atoms with Crippen LogP contribution in [-0.2, 0) is 9.53 Å². The van der Waals surface area contributed by atoms with Crippen LogP contribution in [0.5, 0.6) is 0 Å². The van der Waals surface area contributed by atoms with Gasteiger partial charge in [0.1, 0.15) is 5.82 Å². The van der Waals surface area contributed by atoms with E-state index in [2.05, 4.69) is 9.88 Å². The van der Waals surface area contributed by atoms with Crippen molar-refractivity contribution in [1.82, 2.24) is 9.88 Å². The number of rotatable bonds is 4. The number of hydrogen-bond acceptors (Lipinski definition) is 5. The SMILES string of the molecule is O=C(N1CCN(c2ccccn2)CC1)C1(CCO)CC12CCOCC2. The molecule has 1 unspecified atom stereocenters. The van der Waals surface area contributed by atoms with Crippen LogP contribution >= 0.6 is 0 Å². The lowest BCUT2D eigenvalue weighted by atomic mass is 9.83. The van der Waals surface area contributed by atoms with E-state index in [0.717, 1.165) is 64.5 Å². The molecule has 25 heavy (non-hydrogen) atoms. The number of hydrogen-bond donors (Lipinski definition) is 1. The molecule has 1 aliphatic carbocycles. The first-order valence-electron chi connectivity index (χ1n) is 9.35. The van der Waals surface area contributed by atoms with Gasteiger partial charge in [0.05, 0.1) is 5.41 Å². The Labute approximate surface area is 148 Å². The third-order valence-electron chi connectivity index (χ3n) is 6.47. The Morgan fingerprint density at radius 2 is 1.96 bits per heavy atom. The topological polar surface area (TPSA) is 65.9 Å². The highest BCUT2D eigenvalue weighted by Gasteiger charge is 2.71. The summed E-state index contributed by atoms with van der Waals surface area (Å²) >= 11 is 0. The van der Waals surface area contributed by atoms with E-state index in [9.17, 15) is 9.90 Å². The molecule has 1 spiro atoms. The summed E-state index contributed by atoms with van der Waals surface area (Å²) in [5, 5.41) is 9.58. The molecule has 6 nitrogen and oxygen atoms in total. The van der Waals surface area contributed by atoms with Gasteiger partial charge in [0.25, 0.3) is 0 Å². The number of piperazine rings is 1. The van der Waals surface area contributed by atoms with E-state index >= 15 is 0 Å². The van der Waals surface area contributed by atoms with Crippen LogP contribution in [-0.4, -0.2) is 66.9 Å². The van der Waals surface area contributed by atoms with E-state index in [0.29, 0.717) is 6.42 Å². The average Bonchev–Trinajstić information content (AvgIpc) is 3.29. The first kappa shape index (κ1) is 16.8. The van der Waals surface area contributed by atoms with E-state index < -0.39 is 0 Å². The second-order valence-corrected chi connectivity index (χ2v) is 7.59. The van der Waals surface area contributed by atoms with E-state index in [4.69, 9.17) is 4.74 Å². The van der Waals surface area contributed by atoms with E-state index in [1.54, 1.807) is 0 Å². The van der Waals surface area contributed by atoms with Crippen LogP contribution in [0.1, 0.15) is 25.7 Å². The van der Waals surface area contributed by atoms with Crippen molar-refractivity contribution in [1.29, 1.82) is 0 Å². The Kier molecular flexibility index (Phi) is 4.41. The number of anilines is 1. The van der Waals surface area contributed by atoms with Gasteiger partial charge < -0.3 is 19.6 Å². The van der Waals surface area contributed by atoms with E-state index in [1.165, 1.54) is 0 Å². The highest BCUT2D eigenvalue weighted by molar-refractivity contribution is 5.87. The summed E-state index contributed by atoms with van der Waals surface area (Å²) in [6.07, 6.45) is 5.22. The lowest BCUT2D eigenvalue weighted by Gasteiger charge is -2.38. The fraction of sp³-hybridized carbons (Fsp3) is 0.684. The molecule has 3 fully saturated rings. The van der Waals surface area contributed by atoms with Crippen molar-refractivity contribution < 1.29 is 14.6 Å². The maximum atomic E-state index is 13.3. The largest absolute Gasteiger partial charge is 0.396 e. The minimum atomic E-state index is -0.349. The molecule has 1 aromatic rings. The van der Waals surface area contributed by atoms with Crippen molar-refractivity contribution >= 4 is 11.7 Å². The summed E-state index contributed by atoms with van der Waals surface area (Å²) in [6.45, 7) is 4.66. The highest BCUT2D eigenvalue weighted by atomic mass is 16.5. The molecule has 0 radical (unpaired) electrons. The molecule has 4 rings (SSSR count). The van der Waals surface area contributed by atoms with Gasteiger partial charge in [-0.2, -0.15) is 0 Å². The van der Waals surface area contributed by atoms with Gasteiger partial charge in [-0.05, 0) is 43.2 Å². The number of aliphatic hydroxyl groups excluding tert-OH is 1. The number of carbonyl (C=O) groups excluding carboxylic acids is 1. The second-order valence-electron chi connectivity index (χ2n) is 7.59. The zero-order valence-corrected chi connectivity index (χ0v) is 14.7. The number of aromatic nitrogens is 1. The lowest BCUT2D eigenvalue weighted by molar-refractivity contribution is -0.140. The van der Waals surface area contributed by atoms with Crippen LogP contribution in [0.4, 0.5) is 5.82 Å². The van der Waals surface area contributed by atoms with Crippen molar-refractivity contribution in [3.8, 4) is 0 Å². The summed E-state index contributed by atoms with van der Waals surface area (Å²) < 4.78 is 5.50. The third kappa shape index (κ3) is 2.81. The quantitative estimate of drug-likeness (QED) is 0.891. The predicted octanol–water partition coefficient (Wildman–Crippen LogP) is 1.30. The maximum absolute atomic E-state index is 13.3. The Hall–Kier alpha value is -1.66. The number of aliphatic hydroxyl groups is 1. The van der Waals surface area contributed by atoms with Crippen LogP contribution in [0.25, 0.3) is 0 Å². The minimum absolute atomic E-state index is 0.0726. The summed E-state index contributed by atoms with van der Waals surface area (Å²) in [4.78, 5) is 22.0. The molecule has 1 amide bonds. The maximum Gasteiger partial charge on any atom is 0.229 e. The van der Waals surface area contributed by atoms with Crippen molar-refractivity contribution in [2.45, 2.75) is 25.7 Å². The molecule has 3 heterocycles. The summed E-state index contributed by atoms with van der Waals surface area (Å²) in [5.41, 5.74) is -0.276. The molecule has 136 valence electrons. The molecule has 2 saturated heterocycles. The first-order chi connectivity index (χ1) is 12.2. The zero-order chi connectivity index (χ0) is 17.3. The highest BCUT2D eigenvalue weighted by Crippen LogP contribution is 2.71. The minimum Gasteiger partial charge on any atom is -0.396 e. The average molecular weight is 345 g/mol. The number of carbonyl (C=O) groups is 1. The molecule has 2 aliphatic heterocycles. The second kappa shape index (κ2) is 6.57. The molecule has 1 atom stereocenters. The molecule has 0 bridgehead atoms. The molecule has 1 N–H and O–H groups in total. The third-order valence-corrected chi connectivity index (χ3v) is 6.47. The van der Waals surface area contributed by atoms with Gasteiger partial charge in [-0.15, -0.1) is 0 Å². The summed E-state index contributed by atoms with van der Waals surface area (Å²) in [6, 6.07) is 5.93. The van der Waals surface area contributed by atoms with Gasteiger partial charge in [-0.1, -0.05) is 6.07 Å². The first-order valence-corrected chi connectivity index (χ1v) is 9.35. The molecule has 1 aromatic heterocycles. The fourth-order valence-corrected chi connectivity index (χ4v) is 4.89. The smallest absolute Gasteiger partial charge is 0.229 e. The summed E-state index contributed by atoms with van der Waals surface area (Å²) in [7, 11) is 0. The molecular weight excluding hydrogens is 318 g/mol. The van der Waals surface area contributed by atoms with E-state index in [-0.39, 0.29) is 23.3 Å². The number of nitrogens with zero attached hydrogens (tertiary/aromatic N) is 3. The van der Waals surface area contributed by atoms with E-state index in [1.807, 2.05) is 29.3 Å².